The van der Waals surface area contributed by atoms with Crippen molar-refractivity contribution in [1.29, 1.82) is 0 Å². The lowest BCUT2D eigenvalue weighted by molar-refractivity contribution is 0.0403. The molecule has 6 nitrogen and oxygen atoms in total. The highest BCUT2D eigenvalue weighted by molar-refractivity contribution is 14.0. The molecule has 30 heavy (non-hydrogen) atoms. The quantitative estimate of drug-likeness (QED) is 0.152. The standard InChI is InChI=1S/C22H33N3O3S.HI/c1-29-18-13-25-22(24-12-10-21-9-5-15-28-21)23-11-6-14-26-16-17-27-19-20-7-3-2-4-8-20;/h2-5,7-9,15H,6,10-14,16-19H2,1H3,(H2,23,24,25);1H. The second kappa shape index (κ2) is 18.5. The fourth-order valence-corrected chi connectivity index (χ4v) is 2.85. The third-order valence-corrected chi connectivity index (χ3v) is 4.66. The Morgan fingerprint density at radius 1 is 1.00 bits per heavy atom. The van der Waals surface area contributed by atoms with Gasteiger partial charge in [-0.1, -0.05) is 30.3 Å². The number of furan rings is 1. The maximum absolute atomic E-state index is 5.63. The van der Waals surface area contributed by atoms with E-state index >= 15 is 0 Å². The summed E-state index contributed by atoms with van der Waals surface area (Å²) in [4.78, 5) is 4.63. The molecule has 0 atom stereocenters. The minimum atomic E-state index is 0. The van der Waals surface area contributed by atoms with E-state index < -0.39 is 0 Å². The highest BCUT2D eigenvalue weighted by Gasteiger charge is 2.00. The van der Waals surface area contributed by atoms with Crippen LogP contribution in [0, 0.1) is 0 Å². The molecule has 0 amide bonds. The van der Waals surface area contributed by atoms with Gasteiger partial charge < -0.3 is 24.5 Å². The molecule has 0 saturated heterocycles. The van der Waals surface area contributed by atoms with Crippen molar-refractivity contribution in [2.75, 3.05) is 51.5 Å². The topological polar surface area (TPSA) is 68.0 Å². The maximum atomic E-state index is 5.63. The number of benzene rings is 1. The van der Waals surface area contributed by atoms with Crippen LogP contribution in [0.5, 0.6) is 0 Å². The first-order valence-electron chi connectivity index (χ1n) is 10.1. The molecule has 168 valence electrons. The Balaban J connectivity index is 0.00000450. The summed E-state index contributed by atoms with van der Waals surface area (Å²) in [6.45, 7) is 4.92. The molecule has 8 heteroatoms. The van der Waals surface area contributed by atoms with Gasteiger partial charge in [-0.25, -0.2) is 0 Å². The Bertz CT molecular complexity index is 657. The molecule has 0 unspecified atom stereocenters. The van der Waals surface area contributed by atoms with Gasteiger partial charge in [0.2, 0.25) is 0 Å². The maximum Gasteiger partial charge on any atom is 0.191 e. The van der Waals surface area contributed by atoms with Crippen LogP contribution in [0.15, 0.2) is 58.1 Å². The van der Waals surface area contributed by atoms with Crippen LogP contribution in [0.1, 0.15) is 17.7 Å². The molecule has 0 aliphatic carbocycles. The number of guanidine groups is 1. The first-order chi connectivity index (χ1) is 14.4. The Morgan fingerprint density at radius 2 is 1.80 bits per heavy atom. The molecule has 0 radical (unpaired) electrons. The number of halogens is 1. The van der Waals surface area contributed by atoms with E-state index in [1.165, 1.54) is 5.56 Å². The van der Waals surface area contributed by atoms with Crippen molar-refractivity contribution in [2.24, 2.45) is 4.99 Å². The molecule has 2 rings (SSSR count). The summed E-state index contributed by atoms with van der Waals surface area (Å²) in [7, 11) is 0. The largest absolute Gasteiger partial charge is 0.469 e. The van der Waals surface area contributed by atoms with Crippen molar-refractivity contribution in [3.05, 3.63) is 60.1 Å². The van der Waals surface area contributed by atoms with Crippen LogP contribution in [-0.4, -0.2) is 57.4 Å². The van der Waals surface area contributed by atoms with E-state index in [9.17, 15) is 0 Å². The van der Waals surface area contributed by atoms with Crippen LogP contribution in [0.2, 0.25) is 0 Å². The predicted molar refractivity (Wildman–Crippen MR) is 136 cm³/mol. The SMILES string of the molecule is CSCCNC(=NCCCOCCOCc1ccccc1)NCCc1ccco1.I. The van der Waals surface area contributed by atoms with Crippen molar-refractivity contribution in [2.45, 2.75) is 19.4 Å². The van der Waals surface area contributed by atoms with Gasteiger partial charge in [0.15, 0.2) is 5.96 Å². The number of ether oxygens (including phenoxy) is 2. The molecule has 0 aliphatic heterocycles. The van der Waals surface area contributed by atoms with Crippen LogP contribution >= 0.6 is 35.7 Å². The van der Waals surface area contributed by atoms with E-state index in [0.717, 1.165) is 49.9 Å². The Morgan fingerprint density at radius 3 is 2.57 bits per heavy atom. The average molecular weight is 548 g/mol. The van der Waals surface area contributed by atoms with Crippen LogP contribution in [0.4, 0.5) is 0 Å². The lowest BCUT2D eigenvalue weighted by Gasteiger charge is -2.12. The summed E-state index contributed by atoms with van der Waals surface area (Å²) < 4.78 is 16.6. The number of thioether (sulfide) groups is 1. The van der Waals surface area contributed by atoms with Crippen molar-refractivity contribution < 1.29 is 13.9 Å². The molecular formula is C22H34IN3O3S. The zero-order valence-corrected chi connectivity index (χ0v) is 20.8. The van der Waals surface area contributed by atoms with Crippen LogP contribution in [0.25, 0.3) is 0 Å². The van der Waals surface area contributed by atoms with E-state index in [1.54, 1.807) is 6.26 Å². The van der Waals surface area contributed by atoms with Gasteiger partial charge in [-0.05, 0) is 30.4 Å². The summed E-state index contributed by atoms with van der Waals surface area (Å²) in [6, 6.07) is 14.1. The molecule has 2 N–H and O–H groups in total. The van der Waals surface area contributed by atoms with Gasteiger partial charge in [0.25, 0.3) is 0 Å². The van der Waals surface area contributed by atoms with Crippen LogP contribution < -0.4 is 10.6 Å². The zero-order chi connectivity index (χ0) is 20.4. The second-order valence-electron chi connectivity index (χ2n) is 6.41. The number of nitrogens with one attached hydrogen (secondary N) is 2. The van der Waals surface area contributed by atoms with Crippen molar-refractivity contribution in [3.63, 3.8) is 0 Å². The zero-order valence-electron chi connectivity index (χ0n) is 17.7. The summed E-state index contributed by atoms with van der Waals surface area (Å²) >= 11 is 1.81. The number of hydrogen-bond acceptors (Lipinski definition) is 5. The number of nitrogens with zero attached hydrogens (tertiary/aromatic N) is 1. The van der Waals surface area contributed by atoms with Gasteiger partial charge in [0.05, 0.1) is 26.1 Å². The Hall–Kier alpha value is -1.23. The lowest BCUT2D eigenvalue weighted by atomic mass is 10.2. The second-order valence-corrected chi connectivity index (χ2v) is 7.40. The Labute approximate surface area is 201 Å². The van der Waals surface area contributed by atoms with Gasteiger partial charge >= 0.3 is 0 Å². The van der Waals surface area contributed by atoms with Crippen molar-refractivity contribution in [1.82, 2.24) is 10.6 Å². The minimum Gasteiger partial charge on any atom is -0.469 e. The van der Waals surface area contributed by atoms with Gasteiger partial charge in [0.1, 0.15) is 5.76 Å². The monoisotopic (exact) mass is 547 g/mol. The van der Waals surface area contributed by atoms with E-state index in [-0.39, 0.29) is 24.0 Å². The molecule has 0 spiro atoms. The molecule has 1 heterocycles. The van der Waals surface area contributed by atoms with Crippen LogP contribution in [-0.2, 0) is 22.5 Å². The highest BCUT2D eigenvalue weighted by Crippen LogP contribution is 2.00. The van der Waals surface area contributed by atoms with E-state index in [4.69, 9.17) is 13.9 Å². The molecular weight excluding hydrogens is 513 g/mol. The normalized spacial score (nSPS) is 11.2. The third-order valence-electron chi connectivity index (χ3n) is 4.04. The molecule has 0 bridgehead atoms. The predicted octanol–water partition coefficient (Wildman–Crippen LogP) is 3.96. The third kappa shape index (κ3) is 13.1. The van der Waals surface area contributed by atoms with Gasteiger partial charge in [0, 0.05) is 38.4 Å². The van der Waals surface area contributed by atoms with Gasteiger partial charge in [-0.2, -0.15) is 11.8 Å². The molecule has 0 saturated carbocycles. The fraction of sp³-hybridized carbons (Fsp3) is 0.500. The smallest absolute Gasteiger partial charge is 0.191 e. The van der Waals surface area contributed by atoms with Gasteiger partial charge in [-0.15, -0.1) is 24.0 Å². The average Bonchev–Trinajstić information content (AvgIpc) is 3.26. The first-order valence-corrected chi connectivity index (χ1v) is 11.5. The van der Waals surface area contributed by atoms with E-state index in [0.29, 0.717) is 26.4 Å². The lowest BCUT2D eigenvalue weighted by Crippen LogP contribution is -2.39. The molecule has 2 aromatic rings. The molecule has 0 aliphatic rings. The summed E-state index contributed by atoms with van der Waals surface area (Å²) in [5.41, 5.74) is 1.18. The van der Waals surface area contributed by atoms with E-state index in [1.807, 2.05) is 42.1 Å². The molecule has 1 aromatic carbocycles. The summed E-state index contributed by atoms with van der Waals surface area (Å²) in [5, 5.41) is 6.72. The number of rotatable bonds is 15. The van der Waals surface area contributed by atoms with Crippen molar-refractivity contribution >= 4 is 41.7 Å². The summed E-state index contributed by atoms with van der Waals surface area (Å²) in [5.74, 6) is 2.87. The fourth-order valence-electron chi connectivity index (χ4n) is 2.55. The van der Waals surface area contributed by atoms with E-state index in [2.05, 4.69) is 34.0 Å². The number of aliphatic imine (C=N–C) groups is 1. The van der Waals surface area contributed by atoms with Crippen LogP contribution in [0.3, 0.4) is 0 Å². The minimum absolute atomic E-state index is 0. The summed E-state index contributed by atoms with van der Waals surface area (Å²) in [6.07, 6.45) is 5.52. The highest BCUT2D eigenvalue weighted by atomic mass is 127. The Kier molecular flexibility index (Phi) is 16.6. The van der Waals surface area contributed by atoms with Crippen molar-refractivity contribution in [3.8, 4) is 0 Å². The molecule has 1 aromatic heterocycles. The number of hydrogen-bond donors (Lipinski definition) is 2. The first kappa shape index (κ1) is 26.8. The van der Waals surface area contributed by atoms with Gasteiger partial charge in [-0.3, -0.25) is 4.99 Å². The molecule has 0 fully saturated rings.